The number of alkyl halides is 3. The molecule has 1 aliphatic carbocycles. The fourth-order valence-corrected chi connectivity index (χ4v) is 4.31. The molecular formula is C19H24F3N7O2. The fourth-order valence-electron chi connectivity index (χ4n) is 4.31. The Morgan fingerprint density at radius 3 is 2.87 bits per heavy atom. The largest absolute Gasteiger partial charge is 0.469 e. The minimum Gasteiger partial charge on any atom is -0.469 e. The molecule has 168 valence electrons. The Bertz CT molecular complexity index is 932. The van der Waals surface area contributed by atoms with Crippen LogP contribution in [0.3, 0.4) is 0 Å². The Hall–Kier alpha value is -2.47. The smallest absolute Gasteiger partial charge is 0.423 e. The van der Waals surface area contributed by atoms with Crippen LogP contribution in [0, 0.1) is 0 Å². The Morgan fingerprint density at radius 1 is 1.23 bits per heavy atom. The highest BCUT2D eigenvalue weighted by Gasteiger charge is 2.38. The quantitative estimate of drug-likeness (QED) is 0.731. The summed E-state index contributed by atoms with van der Waals surface area (Å²) in [5.41, 5.74) is -0.977. The maximum Gasteiger partial charge on any atom is 0.423 e. The van der Waals surface area contributed by atoms with Crippen molar-refractivity contribution in [3.8, 4) is 5.88 Å². The number of hydrogen-bond acceptors (Lipinski definition) is 8. The van der Waals surface area contributed by atoms with E-state index in [2.05, 4.69) is 35.4 Å². The summed E-state index contributed by atoms with van der Waals surface area (Å²) in [4.78, 5) is 7.97. The highest BCUT2D eigenvalue weighted by molar-refractivity contribution is 5.36. The van der Waals surface area contributed by atoms with E-state index in [1.54, 1.807) is 0 Å². The van der Waals surface area contributed by atoms with Crippen LogP contribution in [0.15, 0.2) is 6.20 Å². The number of aromatic nitrogens is 5. The highest BCUT2D eigenvalue weighted by Crippen LogP contribution is 2.37. The van der Waals surface area contributed by atoms with Crippen LogP contribution in [0.1, 0.15) is 48.8 Å². The third-order valence-corrected chi connectivity index (χ3v) is 5.97. The number of fused-ring (bicyclic) bond motifs is 1. The average molecular weight is 439 g/mol. The molecule has 31 heavy (non-hydrogen) atoms. The van der Waals surface area contributed by atoms with E-state index >= 15 is 0 Å². The summed E-state index contributed by atoms with van der Waals surface area (Å²) in [6.45, 7) is 2.97. The number of nitrogens with one attached hydrogen (secondary N) is 2. The average Bonchev–Trinajstić information content (AvgIpc) is 3.14. The second-order valence-electron chi connectivity index (χ2n) is 8.20. The van der Waals surface area contributed by atoms with Crippen molar-refractivity contribution in [2.24, 2.45) is 0 Å². The van der Waals surface area contributed by atoms with Gasteiger partial charge in [0, 0.05) is 31.2 Å². The lowest BCUT2D eigenvalue weighted by Gasteiger charge is -2.30. The first-order valence-corrected chi connectivity index (χ1v) is 10.5. The molecule has 0 radical (unpaired) electrons. The van der Waals surface area contributed by atoms with Crippen LogP contribution in [0.25, 0.3) is 0 Å². The van der Waals surface area contributed by atoms with Gasteiger partial charge < -0.3 is 24.7 Å². The molecule has 0 aromatic carbocycles. The molecule has 0 unspecified atom stereocenters. The SMILES string of the molecule is FC(F)(F)c1cnc(N[C@@H]2CCC[C@H](c3nnc4n3CCNC4)C2)nc1OC1COC1. The second kappa shape index (κ2) is 8.23. The summed E-state index contributed by atoms with van der Waals surface area (Å²) in [6, 6.07) is 0.0324. The molecule has 12 heteroatoms. The van der Waals surface area contributed by atoms with Crippen molar-refractivity contribution in [1.29, 1.82) is 0 Å². The maximum absolute atomic E-state index is 13.3. The van der Waals surface area contributed by atoms with Crippen LogP contribution < -0.4 is 15.4 Å². The first kappa shape index (κ1) is 20.4. The molecule has 2 atom stereocenters. The van der Waals surface area contributed by atoms with Gasteiger partial charge in [0.25, 0.3) is 0 Å². The predicted molar refractivity (Wildman–Crippen MR) is 103 cm³/mol. The molecule has 2 aromatic heterocycles. The van der Waals surface area contributed by atoms with Gasteiger partial charge in [-0.25, -0.2) is 4.98 Å². The first-order chi connectivity index (χ1) is 15.0. The number of rotatable bonds is 5. The van der Waals surface area contributed by atoms with Crippen LogP contribution in [-0.2, 0) is 24.0 Å². The zero-order valence-corrected chi connectivity index (χ0v) is 16.9. The Balaban J connectivity index is 1.31. The summed E-state index contributed by atoms with van der Waals surface area (Å²) in [6.07, 6.45) is -0.558. The van der Waals surface area contributed by atoms with Gasteiger partial charge in [-0.05, 0) is 19.3 Å². The second-order valence-corrected chi connectivity index (χ2v) is 8.20. The molecular weight excluding hydrogens is 415 g/mol. The van der Waals surface area contributed by atoms with Gasteiger partial charge >= 0.3 is 6.18 Å². The molecule has 0 amide bonds. The minimum absolute atomic E-state index is 0.0324. The van der Waals surface area contributed by atoms with E-state index in [-0.39, 0.29) is 31.1 Å². The van der Waals surface area contributed by atoms with Crippen LogP contribution in [-0.4, -0.2) is 56.6 Å². The summed E-state index contributed by atoms with van der Waals surface area (Å²) in [7, 11) is 0. The van der Waals surface area contributed by atoms with Crippen LogP contribution >= 0.6 is 0 Å². The molecule has 2 N–H and O–H groups in total. The van der Waals surface area contributed by atoms with Gasteiger partial charge in [-0.2, -0.15) is 18.2 Å². The van der Waals surface area contributed by atoms with E-state index in [1.165, 1.54) is 0 Å². The number of hydrogen-bond donors (Lipinski definition) is 2. The molecule has 5 rings (SSSR count). The Labute approximate surface area is 176 Å². The zero-order valence-electron chi connectivity index (χ0n) is 16.9. The van der Waals surface area contributed by atoms with Crippen molar-refractivity contribution in [3.63, 3.8) is 0 Å². The van der Waals surface area contributed by atoms with Gasteiger partial charge in [-0.1, -0.05) is 6.42 Å². The van der Waals surface area contributed by atoms with Crippen LogP contribution in [0.4, 0.5) is 19.1 Å². The van der Waals surface area contributed by atoms with Gasteiger partial charge in [0.1, 0.15) is 23.3 Å². The zero-order chi connectivity index (χ0) is 21.4. The summed E-state index contributed by atoms with van der Waals surface area (Å²) in [5.74, 6) is 1.86. The molecule has 9 nitrogen and oxygen atoms in total. The van der Waals surface area contributed by atoms with E-state index in [1.807, 2.05) is 0 Å². The third kappa shape index (κ3) is 4.31. The minimum atomic E-state index is -4.59. The number of nitrogens with zero attached hydrogens (tertiary/aromatic N) is 5. The first-order valence-electron chi connectivity index (χ1n) is 10.5. The Morgan fingerprint density at radius 2 is 2.10 bits per heavy atom. The number of ether oxygens (including phenoxy) is 2. The van der Waals surface area contributed by atoms with Crippen LogP contribution in [0.2, 0.25) is 0 Å². The predicted octanol–water partition coefficient (Wildman–Crippen LogP) is 2.11. The molecule has 1 saturated carbocycles. The lowest BCUT2D eigenvalue weighted by molar-refractivity contribution is -0.142. The molecule has 0 spiro atoms. The lowest BCUT2D eigenvalue weighted by atomic mass is 9.85. The van der Waals surface area contributed by atoms with Crippen molar-refractivity contribution in [1.82, 2.24) is 30.0 Å². The van der Waals surface area contributed by atoms with Gasteiger partial charge in [0.05, 0.1) is 19.8 Å². The van der Waals surface area contributed by atoms with Gasteiger partial charge in [0.15, 0.2) is 0 Å². The van der Waals surface area contributed by atoms with Crippen molar-refractivity contribution >= 4 is 5.95 Å². The summed E-state index contributed by atoms with van der Waals surface area (Å²) >= 11 is 0. The van der Waals surface area contributed by atoms with E-state index < -0.39 is 23.7 Å². The topological polar surface area (TPSA) is 99.0 Å². The molecule has 2 aromatic rings. The lowest BCUT2D eigenvalue weighted by Crippen LogP contribution is -2.39. The van der Waals surface area contributed by atoms with Crippen LogP contribution in [0.5, 0.6) is 5.88 Å². The maximum atomic E-state index is 13.3. The number of anilines is 1. The molecule has 2 fully saturated rings. The molecule has 0 bridgehead atoms. The van der Waals surface area contributed by atoms with E-state index in [4.69, 9.17) is 9.47 Å². The van der Waals surface area contributed by atoms with Gasteiger partial charge in [-0.15, -0.1) is 10.2 Å². The van der Waals surface area contributed by atoms with Crippen molar-refractivity contribution in [2.45, 2.75) is 63.0 Å². The molecule has 4 heterocycles. The fraction of sp³-hybridized carbons (Fsp3) is 0.684. The third-order valence-electron chi connectivity index (χ3n) is 5.97. The molecule has 2 aliphatic heterocycles. The highest BCUT2D eigenvalue weighted by atomic mass is 19.4. The van der Waals surface area contributed by atoms with E-state index in [0.29, 0.717) is 0 Å². The summed E-state index contributed by atoms with van der Waals surface area (Å²) < 4.78 is 52.6. The normalized spacial score (nSPS) is 24.4. The summed E-state index contributed by atoms with van der Waals surface area (Å²) in [5, 5.41) is 15.2. The van der Waals surface area contributed by atoms with Crippen molar-refractivity contribution in [3.05, 3.63) is 23.4 Å². The Kier molecular flexibility index (Phi) is 5.42. The standard InChI is InChI=1S/C19H24F3N7O2/c20-19(21,22)14-7-24-18(26-17(14)31-13-9-30-10-13)25-12-3-1-2-11(6-12)16-28-27-15-8-23-4-5-29(15)16/h7,11-13,23H,1-6,8-10H2,(H,24,25,26)/t11-,12+/m0/s1. The van der Waals surface area contributed by atoms with E-state index in [0.717, 1.165) is 63.2 Å². The van der Waals surface area contributed by atoms with Crippen molar-refractivity contribution in [2.75, 3.05) is 25.1 Å². The monoisotopic (exact) mass is 439 g/mol. The molecule has 3 aliphatic rings. The molecule has 1 saturated heterocycles. The van der Waals surface area contributed by atoms with Crippen molar-refractivity contribution < 1.29 is 22.6 Å². The van der Waals surface area contributed by atoms with E-state index in [9.17, 15) is 13.2 Å². The number of halogens is 3. The van der Waals surface area contributed by atoms with Gasteiger partial charge in [-0.3, -0.25) is 0 Å². The van der Waals surface area contributed by atoms with Gasteiger partial charge in [0.2, 0.25) is 11.8 Å².